The zero-order valence-corrected chi connectivity index (χ0v) is 9.69. The fourth-order valence-corrected chi connectivity index (χ4v) is 1.89. The van der Waals surface area contributed by atoms with E-state index in [-0.39, 0.29) is 11.4 Å². The van der Waals surface area contributed by atoms with Gasteiger partial charge in [-0.15, -0.1) is 0 Å². The maximum absolute atomic E-state index is 11.3. The monoisotopic (exact) mass is 223 g/mol. The second kappa shape index (κ2) is 3.90. The van der Waals surface area contributed by atoms with Crippen molar-refractivity contribution in [2.45, 2.75) is 19.3 Å². The number of hydrogen-bond acceptors (Lipinski definition) is 4. The zero-order valence-electron chi connectivity index (χ0n) is 9.69. The van der Waals surface area contributed by atoms with Gasteiger partial charge in [0, 0.05) is 12.7 Å². The summed E-state index contributed by atoms with van der Waals surface area (Å²) in [6.07, 6.45) is 3.23. The van der Waals surface area contributed by atoms with Gasteiger partial charge in [-0.25, -0.2) is 4.79 Å². The van der Waals surface area contributed by atoms with E-state index in [1.807, 2.05) is 7.05 Å². The lowest BCUT2D eigenvalue weighted by Crippen LogP contribution is -2.19. The number of hydrogen-bond donors (Lipinski definition) is 1. The normalized spacial score (nSPS) is 17.2. The SMILES string of the molecule is COC(=O)c1cc(CC2(CN)CC2)n(C)n1. The molecular formula is C11H17N3O2. The summed E-state index contributed by atoms with van der Waals surface area (Å²) in [7, 11) is 3.20. The highest BCUT2D eigenvalue weighted by atomic mass is 16.5. The Bertz CT molecular complexity index is 407. The molecule has 0 unspecified atom stereocenters. The molecule has 0 bridgehead atoms. The van der Waals surface area contributed by atoms with Crippen molar-refractivity contribution < 1.29 is 9.53 Å². The molecule has 0 aromatic carbocycles. The van der Waals surface area contributed by atoms with Gasteiger partial charge in [0.1, 0.15) is 0 Å². The van der Waals surface area contributed by atoms with Gasteiger partial charge < -0.3 is 10.5 Å². The van der Waals surface area contributed by atoms with Gasteiger partial charge in [0.05, 0.1) is 7.11 Å². The number of nitrogens with two attached hydrogens (primary N) is 1. The average molecular weight is 223 g/mol. The quantitative estimate of drug-likeness (QED) is 0.754. The number of aromatic nitrogens is 2. The van der Waals surface area contributed by atoms with E-state index < -0.39 is 0 Å². The van der Waals surface area contributed by atoms with Crippen LogP contribution in [0.15, 0.2) is 6.07 Å². The first-order chi connectivity index (χ1) is 7.60. The van der Waals surface area contributed by atoms with E-state index >= 15 is 0 Å². The molecule has 0 amide bonds. The van der Waals surface area contributed by atoms with Crippen LogP contribution < -0.4 is 5.73 Å². The summed E-state index contributed by atoms with van der Waals surface area (Å²) in [6, 6.07) is 1.79. The molecule has 0 saturated heterocycles. The molecule has 1 aromatic rings. The first kappa shape index (κ1) is 11.1. The topological polar surface area (TPSA) is 70.1 Å². The fourth-order valence-electron chi connectivity index (χ4n) is 1.89. The number of methoxy groups -OCH3 is 1. The lowest BCUT2D eigenvalue weighted by molar-refractivity contribution is 0.0593. The highest BCUT2D eigenvalue weighted by molar-refractivity contribution is 5.87. The molecule has 0 aliphatic heterocycles. The van der Waals surface area contributed by atoms with Crippen LogP contribution in [-0.2, 0) is 18.2 Å². The summed E-state index contributed by atoms with van der Waals surface area (Å²) >= 11 is 0. The molecule has 2 N–H and O–H groups in total. The third kappa shape index (κ3) is 1.95. The Kier molecular flexibility index (Phi) is 2.71. The summed E-state index contributed by atoms with van der Waals surface area (Å²) in [4.78, 5) is 11.3. The molecule has 1 saturated carbocycles. The number of ether oxygens (including phenoxy) is 1. The smallest absolute Gasteiger partial charge is 0.358 e. The highest BCUT2D eigenvalue weighted by Gasteiger charge is 2.41. The first-order valence-corrected chi connectivity index (χ1v) is 5.41. The summed E-state index contributed by atoms with van der Waals surface area (Å²) in [5.74, 6) is -0.389. The zero-order chi connectivity index (χ0) is 11.8. The van der Waals surface area contributed by atoms with E-state index in [2.05, 4.69) is 9.84 Å². The Morgan fingerprint density at radius 3 is 2.88 bits per heavy atom. The Morgan fingerprint density at radius 1 is 1.69 bits per heavy atom. The van der Waals surface area contributed by atoms with E-state index in [1.54, 1.807) is 10.7 Å². The van der Waals surface area contributed by atoms with Crippen molar-refractivity contribution in [3.05, 3.63) is 17.5 Å². The van der Waals surface area contributed by atoms with E-state index in [1.165, 1.54) is 20.0 Å². The molecule has 5 nitrogen and oxygen atoms in total. The Labute approximate surface area is 94.6 Å². The van der Waals surface area contributed by atoms with Crippen LogP contribution in [0.3, 0.4) is 0 Å². The standard InChI is InChI=1S/C11H17N3O2/c1-14-8(6-11(7-12)3-4-11)5-9(13-14)10(15)16-2/h5H,3-4,6-7,12H2,1-2H3. The lowest BCUT2D eigenvalue weighted by Gasteiger charge is -2.11. The summed E-state index contributed by atoms with van der Waals surface area (Å²) in [5.41, 5.74) is 7.40. The maximum atomic E-state index is 11.3. The van der Waals surface area contributed by atoms with Crippen LogP contribution >= 0.6 is 0 Å². The minimum absolute atomic E-state index is 0.251. The van der Waals surface area contributed by atoms with Gasteiger partial charge in [-0.2, -0.15) is 5.10 Å². The second-order valence-electron chi connectivity index (χ2n) is 4.52. The van der Waals surface area contributed by atoms with Crippen LogP contribution in [0.2, 0.25) is 0 Å². The van der Waals surface area contributed by atoms with Crippen molar-refractivity contribution in [1.82, 2.24) is 9.78 Å². The van der Waals surface area contributed by atoms with Gasteiger partial charge >= 0.3 is 5.97 Å². The number of nitrogens with zero attached hydrogens (tertiary/aromatic N) is 2. The molecule has 0 atom stereocenters. The van der Waals surface area contributed by atoms with E-state index in [4.69, 9.17) is 5.73 Å². The molecule has 1 aromatic heterocycles. The van der Waals surface area contributed by atoms with Crippen molar-refractivity contribution in [1.29, 1.82) is 0 Å². The summed E-state index contributed by atoms with van der Waals surface area (Å²) in [5, 5.41) is 4.13. The number of carbonyl (C=O) groups is 1. The minimum Gasteiger partial charge on any atom is -0.464 e. The van der Waals surface area contributed by atoms with Crippen LogP contribution in [0, 0.1) is 5.41 Å². The summed E-state index contributed by atoms with van der Waals surface area (Å²) < 4.78 is 6.38. The van der Waals surface area contributed by atoms with E-state index in [9.17, 15) is 4.79 Å². The first-order valence-electron chi connectivity index (χ1n) is 5.41. The molecule has 1 heterocycles. The predicted octanol–water partition coefficient (Wildman–Crippen LogP) is 0.488. The minimum atomic E-state index is -0.389. The molecule has 1 aliphatic rings. The fraction of sp³-hybridized carbons (Fsp3) is 0.636. The van der Waals surface area contributed by atoms with Crippen molar-refractivity contribution in [3.63, 3.8) is 0 Å². The van der Waals surface area contributed by atoms with Gasteiger partial charge in [-0.1, -0.05) is 0 Å². The van der Waals surface area contributed by atoms with Crippen LogP contribution in [0.5, 0.6) is 0 Å². The molecule has 88 valence electrons. The molecule has 16 heavy (non-hydrogen) atoms. The second-order valence-corrected chi connectivity index (χ2v) is 4.52. The number of carbonyl (C=O) groups excluding carboxylic acids is 1. The Morgan fingerprint density at radius 2 is 2.38 bits per heavy atom. The largest absolute Gasteiger partial charge is 0.464 e. The Balaban J connectivity index is 2.16. The van der Waals surface area contributed by atoms with Crippen molar-refractivity contribution in [2.75, 3.05) is 13.7 Å². The maximum Gasteiger partial charge on any atom is 0.358 e. The van der Waals surface area contributed by atoms with Gasteiger partial charge in [0.25, 0.3) is 0 Å². The van der Waals surface area contributed by atoms with Gasteiger partial charge in [0.15, 0.2) is 5.69 Å². The predicted molar refractivity (Wildman–Crippen MR) is 59.0 cm³/mol. The molecule has 5 heteroatoms. The van der Waals surface area contributed by atoms with Crippen molar-refractivity contribution in [3.8, 4) is 0 Å². The third-order valence-electron chi connectivity index (χ3n) is 3.32. The van der Waals surface area contributed by atoms with Crippen LogP contribution in [-0.4, -0.2) is 29.4 Å². The molecule has 0 radical (unpaired) electrons. The van der Waals surface area contributed by atoms with Crippen molar-refractivity contribution >= 4 is 5.97 Å². The van der Waals surface area contributed by atoms with Crippen LogP contribution in [0.1, 0.15) is 29.0 Å². The Hall–Kier alpha value is -1.36. The van der Waals surface area contributed by atoms with E-state index in [0.717, 1.165) is 12.1 Å². The molecule has 2 rings (SSSR count). The number of esters is 1. The lowest BCUT2D eigenvalue weighted by atomic mass is 10.0. The van der Waals surface area contributed by atoms with Gasteiger partial charge in [0.2, 0.25) is 0 Å². The van der Waals surface area contributed by atoms with Gasteiger partial charge in [-0.3, -0.25) is 4.68 Å². The number of rotatable bonds is 4. The van der Waals surface area contributed by atoms with Crippen molar-refractivity contribution in [2.24, 2.45) is 18.2 Å². The summed E-state index contributed by atoms with van der Waals surface area (Å²) in [6.45, 7) is 0.700. The van der Waals surface area contributed by atoms with E-state index in [0.29, 0.717) is 12.2 Å². The highest BCUT2D eigenvalue weighted by Crippen LogP contribution is 2.47. The third-order valence-corrected chi connectivity index (χ3v) is 3.32. The molecule has 1 aliphatic carbocycles. The number of aryl methyl sites for hydroxylation is 1. The average Bonchev–Trinajstić information content (AvgIpc) is 2.97. The van der Waals surface area contributed by atoms with Gasteiger partial charge in [-0.05, 0) is 37.3 Å². The molecule has 0 spiro atoms. The molecule has 1 fully saturated rings. The molecular weight excluding hydrogens is 206 g/mol. The van der Waals surface area contributed by atoms with Crippen LogP contribution in [0.4, 0.5) is 0 Å². The van der Waals surface area contributed by atoms with Crippen LogP contribution in [0.25, 0.3) is 0 Å².